The highest BCUT2D eigenvalue weighted by molar-refractivity contribution is 6.02. The average Bonchev–Trinajstić information content (AvgIpc) is 3.54. The Balaban J connectivity index is 0.00000200. The number of benzene rings is 3. The number of ether oxygens (including phenoxy) is 3. The number of alkyl halides is 3. The minimum atomic E-state index is -4.90. The molecule has 10 heteroatoms. The van der Waals surface area contributed by atoms with Crippen LogP contribution in [0.15, 0.2) is 60.7 Å². The number of hydrogen-bond donors (Lipinski definition) is 2. The Hall–Kier alpha value is -4.21. The van der Waals surface area contributed by atoms with Crippen molar-refractivity contribution in [2.45, 2.75) is 24.6 Å². The van der Waals surface area contributed by atoms with Crippen molar-refractivity contribution in [3.8, 4) is 28.4 Å². The zero-order valence-corrected chi connectivity index (χ0v) is 19.1. The van der Waals surface area contributed by atoms with Crippen LogP contribution in [0.2, 0.25) is 0 Å². The Morgan fingerprint density at radius 1 is 0.972 bits per heavy atom. The van der Waals surface area contributed by atoms with Crippen molar-refractivity contribution in [3.63, 3.8) is 0 Å². The first-order chi connectivity index (χ1) is 17.2. The van der Waals surface area contributed by atoms with Crippen molar-refractivity contribution < 1.29 is 39.8 Å². The van der Waals surface area contributed by atoms with Crippen molar-refractivity contribution in [2.75, 3.05) is 19.2 Å². The van der Waals surface area contributed by atoms with Gasteiger partial charge in [-0.25, -0.2) is 0 Å². The third kappa shape index (κ3) is 4.53. The predicted molar refractivity (Wildman–Crippen MR) is 128 cm³/mol. The molecule has 36 heavy (non-hydrogen) atoms. The van der Waals surface area contributed by atoms with Gasteiger partial charge < -0.3 is 24.8 Å². The third-order valence-electron chi connectivity index (χ3n) is 6.26. The molecule has 0 saturated heterocycles. The van der Waals surface area contributed by atoms with Gasteiger partial charge in [0.1, 0.15) is 5.75 Å². The van der Waals surface area contributed by atoms with Crippen LogP contribution in [-0.2, 0) is 10.2 Å². The second-order valence-electron chi connectivity index (χ2n) is 8.52. The fourth-order valence-electron chi connectivity index (χ4n) is 4.21. The van der Waals surface area contributed by atoms with Crippen molar-refractivity contribution in [2.24, 2.45) is 0 Å². The SMILES string of the molecule is CNC(=O)c1ccc(-c2cc(NC(=O)C3(c4ccc5c(c4)OCO5)CC3)ccc2OC(F)(F)F)cc1.[HH].[HH]. The molecule has 190 valence electrons. The molecule has 5 rings (SSSR count). The molecule has 3 aromatic carbocycles. The lowest BCUT2D eigenvalue weighted by Gasteiger charge is -2.18. The first-order valence-electron chi connectivity index (χ1n) is 11.1. The molecule has 0 aromatic heterocycles. The van der Waals surface area contributed by atoms with E-state index in [1.807, 2.05) is 6.07 Å². The maximum absolute atomic E-state index is 13.3. The number of carbonyl (C=O) groups is 2. The van der Waals surface area contributed by atoms with Gasteiger partial charge in [-0.15, -0.1) is 13.2 Å². The van der Waals surface area contributed by atoms with Crippen molar-refractivity contribution in [1.82, 2.24) is 5.32 Å². The van der Waals surface area contributed by atoms with Crippen LogP contribution >= 0.6 is 0 Å². The molecular formula is C26H25F3N2O5. The molecule has 0 radical (unpaired) electrons. The van der Waals surface area contributed by atoms with E-state index >= 15 is 0 Å². The Bertz CT molecular complexity index is 1350. The Labute approximate surface area is 207 Å². The number of anilines is 1. The number of nitrogens with one attached hydrogen (secondary N) is 2. The van der Waals surface area contributed by atoms with Crippen LogP contribution < -0.4 is 24.8 Å². The fourth-order valence-corrected chi connectivity index (χ4v) is 4.21. The van der Waals surface area contributed by atoms with E-state index in [2.05, 4.69) is 15.4 Å². The molecule has 0 unspecified atom stereocenters. The smallest absolute Gasteiger partial charge is 0.454 e. The van der Waals surface area contributed by atoms with Gasteiger partial charge in [0.2, 0.25) is 12.7 Å². The molecule has 1 aliphatic carbocycles. The summed E-state index contributed by atoms with van der Waals surface area (Å²) in [5, 5.41) is 5.32. The maximum atomic E-state index is 13.3. The summed E-state index contributed by atoms with van der Waals surface area (Å²) < 4.78 is 54.1. The number of hydrogen-bond acceptors (Lipinski definition) is 5. The van der Waals surface area contributed by atoms with Gasteiger partial charge in [-0.05, 0) is 66.4 Å². The molecule has 3 aromatic rings. The summed E-state index contributed by atoms with van der Waals surface area (Å²) in [4.78, 5) is 25.1. The minimum Gasteiger partial charge on any atom is -0.454 e. The van der Waals surface area contributed by atoms with Gasteiger partial charge in [0.05, 0.1) is 5.41 Å². The van der Waals surface area contributed by atoms with Gasteiger partial charge in [-0.2, -0.15) is 0 Å². The maximum Gasteiger partial charge on any atom is 0.573 e. The van der Waals surface area contributed by atoms with E-state index in [-0.39, 0.29) is 27.0 Å². The van der Waals surface area contributed by atoms with Crippen molar-refractivity contribution in [1.29, 1.82) is 0 Å². The summed E-state index contributed by atoms with van der Waals surface area (Å²) in [6.07, 6.45) is -3.65. The van der Waals surface area contributed by atoms with E-state index in [1.165, 1.54) is 43.4 Å². The molecule has 7 nitrogen and oxygen atoms in total. The molecule has 1 fully saturated rings. The van der Waals surface area contributed by atoms with Gasteiger partial charge in [-0.3, -0.25) is 9.59 Å². The van der Waals surface area contributed by atoms with Crippen LogP contribution in [0.1, 0.15) is 31.6 Å². The molecule has 2 amide bonds. The summed E-state index contributed by atoms with van der Waals surface area (Å²) in [5.41, 5.74) is 1.19. The number of amides is 2. The van der Waals surface area contributed by atoms with Crippen molar-refractivity contribution >= 4 is 17.5 Å². The third-order valence-corrected chi connectivity index (χ3v) is 6.26. The predicted octanol–water partition coefficient (Wildman–Crippen LogP) is 5.50. The van der Waals surface area contributed by atoms with Gasteiger partial charge in [0.15, 0.2) is 11.5 Å². The molecule has 1 heterocycles. The van der Waals surface area contributed by atoms with Gasteiger partial charge in [0.25, 0.3) is 5.91 Å². The van der Waals surface area contributed by atoms with E-state index in [4.69, 9.17) is 9.47 Å². The number of carbonyl (C=O) groups excluding carboxylic acids is 2. The lowest BCUT2D eigenvalue weighted by atomic mass is 9.94. The Morgan fingerprint density at radius 2 is 1.69 bits per heavy atom. The van der Waals surface area contributed by atoms with Crippen LogP contribution in [-0.4, -0.2) is 32.0 Å². The highest BCUT2D eigenvalue weighted by Gasteiger charge is 2.51. The topological polar surface area (TPSA) is 85.9 Å². The molecule has 0 bridgehead atoms. The van der Waals surface area contributed by atoms with E-state index in [0.29, 0.717) is 41.2 Å². The highest BCUT2D eigenvalue weighted by Crippen LogP contribution is 2.51. The first kappa shape index (κ1) is 23.5. The van der Waals surface area contributed by atoms with Crippen LogP contribution in [0.4, 0.5) is 18.9 Å². The van der Waals surface area contributed by atoms with E-state index in [0.717, 1.165) is 11.6 Å². The van der Waals surface area contributed by atoms with E-state index < -0.39 is 17.5 Å². The summed E-state index contributed by atoms with van der Waals surface area (Å²) in [6, 6.07) is 15.3. The summed E-state index contributed by atoms with van der Waals surface area (Å²) in [5.74, 6) is 0.162. The fraction of sp³-hybridized carbons (Fsp3) is 0.231. The van der Waals surface area contributed by atoms with Gasteiger partial charge in [0, 0.05) is 26.7 Å². The number of halogens is 3. The summed E-state index contributed by atoms with van der Waals surface area (Å²) >= 11 is 0. The van der Waals surface area contributed by atoms with Crippen molar-refractivity contribution in [3.05, 3.63) is 71.8 Å². The van der Waals surface area contributed by atoms with Crippen LogP contribution in [0.5, 0.6) is 17.2 Å². The summed E-state index contributed by atoms with van der Waals surface area (Å²) in [6.45, 7) is 0.122. The average molecular weight is 502 g/mol. The zero-order chi connectivity index (χ0) is 25.5. The van der Waals surface area contributed by atoms with Crippen LogP contribution in [0.3, 0.4) is 0 Å². The second kappa shape index (κ2) is 8.78. The molecule has 2 aliphatic rings. The molecule has 2 N–H and O–H groups in total. The van der Waals surface area contributed by atoms with E-state index in [9.17, 15) is 22.8 Å². The van der Waals surface area contributed by atoms with Crippen LogP contribution in [0.25, 0.3) is 11.1 Å². The van der Waals surface area contributed by atoms with Crippen LogP contribution in [0, 0.1) is 0 Å². The summed E-state index contributed by atoms with van der Waals surface area (Å²) in [7, 11) is 1.48. The zero-order valence-electron chi connectivity index (χ0n) is 19.1. The highest BCUT2D eigenvalue weighted by atomic mass is 19.4. The normalized spacial score (nSPS) is 15.2. The molecule has 1 aliphatic heterocycles. The first-order valence-corrected chi connectivity index (χ1v) is 11.1. The molecule has 0 atom stereocenters. The van der Waals surface area contributed by atoms with Gasteiger partial charge >= 0.3 is 6.36 Å². The monoisotopic (exact) mass is 502 g/mol. The quantitative estimate of drug-likeness (QED) is 0.465. The standard InChI is InChI=1S/C26H21F3N2O5.2H2/c1-30-23(32)16-4-2-15(3-5-16)19-13-18(7-9-20(19)36-26(27,28)29)31-24(33)25(10-11-25)17-6-8-21-22(12-17)35-14-34-21;;/h2-9,12-13H,10-11,14H2,1H3,(H,30,32)(H,31,33);2*1H. The van der Waals surface area contributed by atoms with E-state index in [1.54, 1.807) is 12.1 Å². The molecule has 0 spiro atoms. The Morgan fingerprint density at radius 3 is 2.36 bits per heavy atom. The number of fused-ring (bicyclic) bond motifs is 1. The number of rotatable bonds is 6. The molecule has 1 saturated carbocycles. The van der Waals surface area contributed by atoms with Gasteiger partial charge in [-0.1, -0.05) is 18.2 Å². The second-order valence-corrected chi connectivity index (χ2v) is 8.52. The molecular weight excluding hydrogens is 477 g/mol. The lowest BCUT2D eigenvalue weighted by Crippen LogP contribution is -2.27. The largest absolute Gasteiger partial charge is 0.573 e. The Kier molecular flexibility index (Phi) is 5.74. The lowest BCUT2D eigenvalue weighted by molar-refractivity contribution is -0.274. The minimum absolute atomic E-state index is 0.